The Morgan fingerprint density at radius 3 is 3.45 bits per heavy atom. The molecule has 1 N–H and O–H groups in total. The van der Waals surface area contributed by atoms with E-state index in [-0.39, 0.29) is 12.6 Å². The Bertz CT molecular complexity index is 244. The SMILES string of the molecule is OCC1CCCc2nccn21. The molecular formula is C8H12N2O. The molecule has 0 aromatic carbocycles. The molecule has 0 fully saturated rings. The number of aliphatic hydroxyl groups excluding tert-OH is 1. The maximum Gasteiger partial charge on any atom is 0.108 e. The minimum Gasteiger partial charge on any atom is -0.394 e. The number of hydrogen-bond donors (Lipinski definition) is 1. The molecule has 2 rings (SSSR count). The molecule has 1 unspecified atom stereocenters. The van der Waals surface area contributed by atoms with Crippen molar-refractivity contribution in [2.24, 2.45) is 0 Å². The molecule has 1 aliphatic rings. The molecule has 0 aliphatic carbocycles. The van der Waals surface area contributed by atoms with Crippen LogP contribution in [0.1, 0.15) is 24.7 Å². The van der Waals surface area contributed by atoms with Gasteiger partial charge in [-0.2, -0.15) is 0 Å². The number of aromatic nitrogens is 2. The molecular weight excluding hydrogens is 140 g/mol. The van der Waals surface area contributed by atoms with Crippen molar-refractivity contribution >= 4 is 0 Å². The summed E-state index contributed by atoms with van der Waals surface area (Å²) < 4.78 is 2.09. The van der Waals surface area contributed by atoms with Crippen LogP contribution in [0.2, 0.25) is 0 Å². The highest BCUT2D eigenvalue weighted by Gasteiger charge is 2.17. The van der Waals surface area contributed by atoms with Gasteiger partial charge in [0.1, 0.15) is 5.82 Å². The van der Waals surface area contributed by atoms with E-state index in [4.69, 9.17) is 5.11 Å². The summed E-state index contributed by atoms with van der Waals surface area (Å²) in [6, 6.07) is 0.279. The Hall–Kier alpha value is -0.830. The van der Waals surface area contributed by atoms with E-state index in [0.717, 1.165) is 25.1 Å². The lowest BCUT2D eigenvalue weighted by molar-refractivity contribution is 0.206. The summed E-state index contributed by atoms with van der Waals surface area (Å²) in [7, 11) is 0. The summed E-state index contributed by atoms with van der Waals surface area (Å²) in [5, 5.41) is 9.01. The van der Waals surface area contributed by atoms with Crippen molar-refractivity contribution in [3.63, 3.8) is 0 Å². The third-order valence-corrected chi connectivity index (χ3v) is 2.29. The number of aryl methyl sites for hydroxylation is 1. The van der Waals surface area contributed by atoms with Crippen molar-refractivity contribution in [2.45, 2.75) is 25.3 Å². The normalized spacial score (nSPS) is 23.2. The molecule has 60 valence electrons. The lowest BCUT2D eigenvalue weighted by Gasteiger charge is -2.22. The number of imidazole rings is 1. The summed E-state index contributed by atoms with van der Waals surface area (Å²) in [4.78, 5) is 4.21. The molecule has 2 heterocycles. The molecule has 1 atom stereocenters. The maximum atomic E-state index is 9.01. The lowest BCUT2D eigenvalue weighted by Crippen LogP contribution is -2.20. The van der Waals surface area contributed by atoms with Crippen molar-refractivity contribution in [1.82, 2.24) is 9.55 Å². The smallest absolute Gasteiger partial charge is 0.108 e. The summed E-state index contributed by atoms with van der Waals surface area (Å²) in [6.45, 7) is 0.239. The van der Waals surface area contributed by atoms with Gasteiger partial charge < -0.3 is 9.67 Å². The first-order valence-corrected chi connectivity index (χ1v) is 4.04. The van der Waals surface area contributed by atoms with E-state index < -0.39 is 0 Å². The van der Waals surface area contributed by atoms with E-state index in [0.29, 0.717) is 0 Å². The van der Waals surface area contributed by atoms with Gasteiger partial charge in [-0.05, 0) is 12.8 Å². The summed E-state index contributed by atoms with van der Waals surface area (Å²) >= 11 is 0. The molecule has 0 radical (unpaired) electrons. The van der Waals surface area contributed by atoms with Gasteiger partial charge in [-0.25, -0.2) is 4.98 Å². The molecule has 0 bridgehead atoms. The fourth-order valence-electron chi connectivity index (χ4n) is 1.68. The van der Waals surface area contributed by atoms with Gasteiger partial charge in [0, 0.05) is 18.8 Å². The van der Waals surface area contributed by atoms with Gasteiger partial charge in [0.15, 0.2) is 0 Å². The Kier molecular flexibility index (Phi) is 1.66. The molecule has 1 aromatic rings. The van der Waals surface area contributed by atoms with E-state index in [1.165, 1.54) is 0 Å². The van der Waals surface area contributed by atoms with Crippen molar-refractivity contribution < 1.29 is 5.11 Å². The zero-order valence-electron chi connectivity index (χ0n) is 6.40. The lowest BCUT2D eigenvalue weighted by atomic mass is 10.1. The zero-order valence-corrected chi connectivity index (χ0v) is 6.40. The average Bonchev–Trinajstić information content (AvgIpc) is 2.50. The first-order chi connectivity index (χ1) is 5.42. The molecule has 0 amide bonds. The van der Waals surface area contributed by atoms with Crippen LogP contribution < -0.4 is 0 Å². The number of hydrogen-bond acceptors (Lipinski definition) is 2. The second-order valence-electron chi connectivity index (χ2n) is 2.98. The quantitative estimate of drug-likeness (QED) is 0.645. The fraction of sp³-hybridized carbons (Fsp3) is 0.625. The molecule has 3 heteroatoms. The molecule has 1 aliphatic heterocycles. The second-order valence-corrected chi connectivity index (χ2v) is 2.98. The fourth-order valence-corrected chi connectivity index (χ4v) is 1.68. The van der Waals surface area contributed by atoms with Crippen molar-refractivity contribution in [3.8, 4) is 0 Å². The summed E-state index contributed by atoms with van der Waals surface area (Å²) in [5.41, 5.74) is 0. The number of rotatable bonds is 1. The van der Waals surface area contributed by atoms with Crippen molar-refractivity contribution in [1.29, 1.82) is 0 Å². The molecule has 11 heavy (non-hydrogen) atoms. The summed E-state index contributed by atoms with van der Waals surface area (Å²) in [6.07, 6.45) is 7.06. The van der Waals surface area contributed by atoms with Crippen LogP contribution in [-0.2, 0) is 6.42 Å². The van der Waals surface area contributed by atoms with E-state index in [2.05, 4.69) is 9.55 Å². The third kappa shape index (κ3) is 1.05. The Balaban J connectivity index is 2.32. The predicted molar refractivity (Wildman–Crippen MR) is 41.3 cm³/mol. The van der Waals surface area contributed by atoms with Gasteiger partial charge in [0.2, 0.25) is 0 Å². The van der Waals surface area contributed by atoms with Crippen LogP contribution in [0.25, 0.3) is 0 Å². The van der Waals surface area contributed by atoms with Gasteiger partial charge in [-0.15, -0.1) is 0 Å². The van der Waals surface area contributed by atoms with Crippen LogP contribution >= 0.6 is 0 Å². The van der Waals surface area contributed by atoms with Gasteiger partial charge in [0.25, 0.3) is 0 Å². The highest BCUT2D eigenvalue weighted by Crippen LogP contribution is 2.22. The van der Waals surface area contributed by atoms with Crippen LogP contribution in [0, 0.1) is 0 Å². The minimum atomic E-state index is 0.239. The monoisotopic (exact) mass is 152 g/mol. The van der Waals surface area contributed by atoms with E-state index >= 15 is 0 Å². The number of aliphatic hydroxyl groups is 1. The largest absolute Gasteiger partial charge is 0.394 e. The van der Waals surface area contributed by atoms with Crippen LogP contribution in [0.4, 0.5) is 0 Å². The average molecular weight is 152 g/mol. The number of nitrogens with zero attached hydrogens (tertiary/aromatic N) is 2. The topological polar surface area (TPSA) is 38.1 Å². The second kappa shape index (κ2) is 2.66. The van der Waals surface area contributed by atoms with Gasteiger partial charge in [0.05, 0.1) is 12.6 Å². The Morgan fingerprint density at radius 2 is 2.64 bits per heavy atom. The standard InChI is InChI=1S/C8H12N2O/c11-6-7-2-1-3-8-9-4-5-10(7)8/h4-5,7,11H,1-3,6H2. The first-order valence-electron chi connectivity index (χ1n) is 4.04. The molecule has 0 spiro atoms. The molecule has 0 saturated heterocycles. The highest BCUT2D eigenvalue weighted by atomic mass is 16.3. The third-order valence-electron chi connectivity index (χ3n) is 2.29. The zero-order chi connectivity index (χ0) is 7.68. The molecule has 3 nitrogen and oxygen atoms in total. The Labute approximate surface area is 65.7 Å². The minimum absolute atomic E-state index is 0.239. The van der Waals surface area contributed by atoms with Gasteiger partial charge >= 0.3 is 0 Å². The van der Waals surface area contributed by atoms with E-state index in [9.17, 15) is 0 Å². The predicted octanol–water partition coefficient (Wildman–Crippen LogP) is 0.753. The van der Waals surface area contributed by atoms with Crippen molar-refractivity contribution in [3.05, 3.63) is 18.2 Å². The van der Waals surface area contributed by atoms with Crippen LogP contribution in [0.3, 0.4) is 0 Å². The van der Waals surface area contributed by atoms with Crippen molar-refractivity contribution in [2.75, 3.05) is 6.61 Å². The van der Waals surface area contributed by atoms with Gasteiger partial charge in [-0.3, -0.25) is 0 Å². The first kappa shape index (κ1) is 6.85. The molecule has 1 aromatic heterocycles. The number of fused-ring (bicyclic) bond motifs is 1. The van der Waals surface area contributed by atoms with E-state index in [1.807, 2.05) is 12.4 Å². The molecule has 0 saturated carbocycles. The summed E-state index contributed by atoms with van der Waals surface area (Å²) in [5.74, 6) is 1.12. The maximum absolute atomic E-state index is 9.01. The van der Waals surface area contributed by atoms with E-state index in [1.54, 1.807) is 0 Å². The van der Waals surface area contributed by atoms with Gasteiger partial charge in [-0.1, -0.05) is 0 Å². The van der Waals surface area contributed by atoms with Crippen LogP contribution in [0.15, 0.2) is 12.4 Å². The van der Waals surface area contributed by atoms with Crippen LogP contribution in [0.5, 0.6) is 0 Å². The van der Waals surface area contributed by atoms with Crippen LogP contribution in [-0.4, -0.2) is 21.3 Å². The Morgan fingerprint density at radius 1 is 1.73 bits per heavy atom. The highest BCUT2D eigenvalue weighted by molar-refractivity contribution is 4.98.